The largest absolute Gasteiger partial charge is 0.469 e. The Morgan fingerprint density at radius 1 is 1.24 bits per heavy atom. The van der Waals surface area contributed by atoms with E-state index in [4.69, 9.17) is 14.2 Å². The molecule has 0 aromatic carbocycles. The van der Waals surface area contributed by atoms with Crippen molar-refractivity contribution in [3.05, 3.63) is 0 Å². The van der Waals surface area contributed by atoms with Crippen molar-refractivity contribution in [2.45, 2.75) is 37.9 Å². The van der Waals surface area contributed by atoms with Crippen LogP contribution in [0.3, 0.4) is 0 Å². The summed E-state index contributed by atoms with van der Waals surface area (Å²) in [4.78, 5) is 11.3. The Kier molecular flexibility index (Phi) is 2.87. The van der Waals surface area contributed by atoms with Gasteiger partial charge >= 0.3 is 5.97 Å². The Hall–Kier alpha value is -0.610. The molecule has 0 amide bonds. The van der Waals surface area contributed by atoms with E-state index in [0.29, 0.717) is 24.2 Å². The second-order valence-electron chi connectivity index (χ2n) is 5.65. The van der Waals surface area contributed by atoms with Gasteiger partial charge in [0.05, 0.1) is 20.3 Å². The summed E-state index contributed by atoms with van der Waals surface area (Å²) < 4.78 is 16.3. The van der Waals surface area contributed by atoms with E-state index >= 15 is 0 Å². The summed E-state index contributed by atoms with van der Waals surface area (Å²) >= 11 is 0. The van der Waals surface area contributed by atoms with Crippen LogP contribution in [0.5, 0.6) is 0 Å². The van der Waals surface area contributed by atoms with Gasteiger partial charge in [-0.1, -0.05) is 0 Å². The second-order valence-corrected chi connectivity index (χ2v) is 5.65. The monoisotopic (exact) mass is 240 g/mol. The third-order valence-corrected chi connectivity index (χ3v) is 4.58. The van der Waals surface area contributed by atoms with Gasteiger partial charge in [-0.2, -0.15) is 0 Å². The molecule has 1 spiro atoms. The zero-order chi connectivity index (χ0) is 11.9. The summed E-state index contributed by atoms with van der Waals surface area (Å²) in [5, 5.41) is 0. The van der Waals surface area contributed by atoms with Crippen LogP contribution in [0.25, 0.3) is 0 Å². The quantitative estimate of drug-likeness (QED) is 0.689. The molecule has 3 rings (SSSR count). The molecule has 1 unspecified atom stereocenters. The summed E-state index contributed by atoms with van der Waals surface area (Å²) in [5.74, 6) is 1.55. The van der Waals surface area contributed by atoms with Crippen molar-refractivity contribution in [3.63, 3.8) is 0 Å². The standard InChI is InChI=1S/C13H20O4/c1-15-12(14)6-9-4-10-7-13(8-11(10)5-9)16-2-3-17-13/h9-11H,2-8H2,1H3/t9?,10-,11+. The predicted molar refractivity (Wildman–Crippen MR) is 60.2 cm³/mol. The van der Waals surface area contributed by atoms with Crippen LogP contribution in [0.15, 0.2) is 0 Å². The van der Waals surface area contributed by atoms with Crippen molar-refractivity contribution in [2.24, 2.45) is 17.8 Å². The molecule has 96 valence electrons. The van der Waals surface area contributed by atoms with Crippen LogP contribution in [0.4, 0.5) is 0 Å². The second kappa shape index (κ2) is 4.25. The maximum Gasteiger partial charge on any atom is 0.305 e. The van der Waals surface area contributed by atoms with Crippen LogP contribution < -0.4 is 0 Å². The third kappa shape index (κ3) is 2.08. The molecule has 2 saturated carbocycles. The van der Waals surface area contributed by atoms with Crippen molar-refractivity contribution in [1.82, 2.24) is 0 Å². The highest BCUT2D eigenvalue weighted by atomic mass is 16.7. The molecular weight excluding hydrogens is 220 g/mol. The first kappa shape index (κ1) is 11.5. The van der Waals surface area contributed by atoms with Crippen molar-refractivity contribution < 1.29 is 19.0 Å². The van der Waals surface area contributed by atoms with Crippen molar-refractivity contribution in [3.8, 4) is 0 Å². The first-order valence-electron chi connectivity index (χ1n) is 6.55. The molecule has 0 N–H and O–H groups in total. The maximum absolute atomic E-state index is 11.3. The normalized spacial score (nSPS) is 38.5. The molecule has 1 aliphatic heterocycles. The molecule has 0 aromatic rings. The van der Waals surface area contributed by atoms with Crippen molar-refractivity contribution >= 4 is 5.97 Å². The molecule has 1 saturated heterocycles. The van der Waals surface area contributed by atoms with E-state index in [1.807, 2.05) is 0 Å². The number of hydrogen-bond acceptors (Lipinski definition) is 4. The lowest BCUT2D eigenvalue weighted by Gasteiger charge is -2.23. The zero-order valence-electron chi connectivity index (χ0n) is 10.3. The average molecular weight is 240 g/mol. The number of fused-ring (bicyclic) bond motifs is 1. The Morgan fingerprint density at radius 3 is 2.35 bits per heavy atom. The lowest BCUT2D eigenvalue weighted by Crippen LogP contribution is -2.27. The number of esters is 1. The van der Waals surface area contributed by atoms with Crippen LogP contribution in [0, 0.1) is 17.8 Å². The van der Waals surface area contributed by atoms with Crippen LogP contribution in [0.2, 0.25) is 0 Å². The molecule has 0 radical (unpaired) electrons. The molecule has 3 fully saturated rings. The van der Waals surface area contributed by atoms with Gasteiger partial charge in [0.1, 0.15) is 0 Å². The maximum atomic E-state index is 11.3. The van der Waals surface area contributed by atoms with Crippen LogP contribution in [-0.2, 0) is 19.0 Å². The third-order valence-electron chi connectivity index (χ3n) is 4.58. The van der Waals surface area contributed by atoms with Gasteiger partial charge in [0, 0.05) is 19.3 Å². The summed E-state index contributed by atoms with van der Waals surface area (Å²) in [6, 6.07) is 0. The van der Waals surface area contributed by atoms with E-state index in [9.17, 15) is 4.79 Å². The zero-order valence-corrected chi connectivity index (χ0v) is 10.3. The Morgan fingerprint density at radius 2 is 1.82 bits per heavy atom. The molecule has 4 nitrogen and oxygen atoms in total. The molecular formula is C13H20O4. The van der Waals surface area contributed by atoms with Gasteiger partial charge in [0.15, 0.2) is 5.79 Å². The number of carbonyl (C=O) groups is 1. The number of hydrogen-bond donors (Lipinski definition) is 0. The van der Waals surface area contributed by atoms with E-state index < -0.39 is 0 Å². The SMILES string of the molecule is COC(=O)CC1C[C@@H]2CC3(C[C@@H]2C1)OCCO3. The summed E-state index contributed by atoms with van der Waals surface area (Å²) in [7, 11) is 1.47. The number of carbonyl (C=O) groups excluding carboxylic acids is 1. The average Bonchev–Trinajstić information content (AvgIpc) is 2.95. The highest BCUT2D eigenvalue weighted by Crippen LogP contribution is 2.54. The summed E-state index contributed by atoms with van der Waals surface area (Å²) in [6.45, 7) is 1.48. The van der Waals surface area contributed by atoms with Gasteiger partial charge in [-0.05, 0) is 30.6 Å². The first-order valence-corrected chi connectivity index (χ1v) is 6.55. The fraction of sp³-hybridized carbons (Fsp3) is 0.923. The smallest absolute Gasteiger partial charge is 0.305 e. The van der Waals surface area contributed by atoms with E-state index in [0.717, 1.165) is 38.9 Å². The molecule has 3 aliphatic rings. The van der Waals surface area contributed by atoms with Crippen LogP contribution in [-0.4, -0.2) is 32.1 Å². The van der Waals surface area contributed by atoms with E-state index in [2.05, 4.69) is 0 Å². The lowest BCUT2D eigenvalue weighted by molar-refractivity contribution is -0.156. The lowest BCUT2D eigenvalue weighted by atomic mass is 9.98. The van der Waals surface area contributed by atoms with Gasteiger partial charge in [0.2, 0.25) is 0 Å². The number of methoxy groups -OCH3 is 1. The fourth-order valence-corrected chi connectivity index (χ4v) is 3.94. The number of ether oxygens (including phenoxy) is 3. The first-order chi connectivity index (χ1) is 8.21. The molecule has 17 heavy (non-hydrogen) atoms. The molecule has 1 heterocycles. The minimum atomic E-state index is -0.258. The molecule has 4 heteroatoms. The van der Waals surface area contributed by atoms with E-state index in [-0.39, 0.29) is 11.8 Å². The van der Waals surface area contributed by atoms with Gasteiger partial charge in [-0.25, -0.2) is 0 Å². The topological polar surface area (TPSA) is 44.8 Å². The Balaban J connectivity index is 1.56. The minimum Gasteiger partial charge on any atom is -0.469 e. The summed E-state index contributed by atoms with van der Waals surface area (Å²) in [6.07, 6.45) is 4.89. The van der Waals surface area contributed by atoms with E-state index in [1.165, 1.54) is 7.11 Å². The molecule has 0 bridgehead atoms. The minimum absolute atomic E-state index is 0.0712. The van der Waals surface area contributed by atoms with Crippen LogP contribution in [0.1, 0.15) is 32.1 Å². The van der Waals surface area contributed by atoms with Crippen molar-refractivity contribution in [1.29, 1.82) is 0 Å². The molecule has 3 atom stereocenters. The fourth-order valence-electron chi connectivity index (χ4n) is 3.94. The van der Waals surface area contributed by atoms with Gasteiger partial charge in [-0.15, -0.1) is 0 Å². The molecule has 2 aliphatic carbocycles. The number of rotatable bonds is 2. The predicted octanol–water partition coefficient (Wildman–Crippen LogP) is 1.73. The Bertz CT molecular complexity index is 293. The Labute approximate surface area is 102 Å². The molecule has 0 aromatic heterocycles. The highest BCUT2D eigenvalue weighted by molar-refractivity contribution is 5.69. The van der Waals surface area contributed by atoms with Crippen molar-refractivity contribution in [2.75, 3.05) is 20.3 Å². The van der Waals surface area contributed by atoms with Crippen LogP contribution >= 0.6 is 0 Å². The highest BCUT2D eigenvalue weighted by Gasteiger charge is 2.52. The van der Waals surface area contributed by atoms with E-state index in [1.54, 1.807) is 0 Å². The van der Waals surface area contributed by atoms with Gasteiger partial charge in [0.25, 0.3) is 0 Å². The summed E-state index contributed by atoms with van der Waals surface area (Å²) in [5.41, 5.74) is 0. The van der Waals surface area contributed by atoms with Gasteiger partial charge in [-0.3, -0.25) is 4.79 Å². The van der Waals surface area contributed by atoms with Gasteiger partial charge < -0.3 is 14.2 Å².